The second-order valence-corrected chi connectivity index (χ2v) is 7.93. The highest BCUT2D eigenvalue weighted by atomic mass is 35.5. The van der Waals surface area contributed by atoms with Crippen molar-refractivity contribution in [2.45, 2.75) is 32.6 Å². The molecular weight excluding hydrogens is 408 g/mol. The van der Waals surface area contributed by atoms with Crippen molar-refractivity contribution in [3.63, 3.8) is 0 Å². The molecule has 3 rings (SSSR count). The molecule has 0 radical (unpaired) electrons. The summed E-state index contributed by atoms with van der Waals surface area (Å²) in [4.78, 5) is 11.7. The van der Waals surface area contributed by atoms with E-state index in [1.165, 1.54) is 24.8 Å². The van der Waals surface area contributed by atoms with Gasteiger partial charge in [-0.15, -0.1) is 0 Å². The fraction of sp³-hybridized carbons (Fsp3) is 0.222. The molecule has 4 heteroatoms. The van der Waals surface area contributed by atoms with E-state index in [0.717, 1.165) is 28.7 Å². The Morgan fingerprint density at radius 2 is 1.58 bits per heavy atom. The molecule has 3 nitrogen and oxygen atoms in total. The molecule has 0 aromatic heterocycles. The summed E-state index contributed by atoms with van der Waals surface area (Å²) >= 11 is 6.59. The van der Waals surface area contributed by atoms with Gasteiger partial charge in [0.2, 0.25) is 0 Å². The summed E-state index contributed by atoms with van der Waals surface area (Å²) in [6.07, 6.45) is 4.84. The van der Waals surface area contributed by atoms with Gasteiger partial charge in [0.15, 0.2) is 0 Å². The van der Waals surface area contributed by atoms with Gasteiger partial charge < -0.3 is 9.84 Å². The van der Waals surface area contributed by atoms with Crippen molar-refractivity contribution in [2.75, 3.05) is 6.61 Å². The Morgan fingerprint density at radius 1 is 0.935 bits per heavy atom. The number of carbonyl (C=O) groups is 1. The van der Waals surface area contributed by atoms with Crippen LogP contribution in [0.3, 0.4) is 0 Å². The zero-order valence-electron chi connectivity index (χ0n) is 17.7. The van der Waals surface area contributed by atoms with Crippen LogP contribution in [0.2, 0.25) is 5.02 Å². The first-order valence-electron chi connectivity index (χ1n) is 10.5. The van der Waals surface area contributed by atoms with Gasteiger partial charge in [0, 0.05) is 10.6 Å². The van der Waals surface area contributed by atoms with E-state index in [1.807, 2.05) is 24.3 Å². The lowest BCUT2D eigenvalue weighted by Gasteiger charge is -2.10. The van der Waals surface area contributed by atoms with Gasteiger partial charge in [-0.2, -0.15) is 0 Å². The highest BCUT2D eigenvalue weighted by Crippen LogP contribution is 2.33. The lowest BCUT2D eigenvalue weighted by molar-refractivity contribution is -0.130. The number of hydrogen-bond donors (Lipinski definition) is 1. The van der Waals surface area contributed by atoms with Crippen LogP contribution < -0.4 is 4.74 Å². The van der Waals surface area contributed by atoms with Crippen LogP contribution in [0.4, 0.5) is 0 Å². The third-order valence-corrected chi connectivity index (χ3v) is 5.49. The van der Waals surface area contributed by atoms with Crippen molar-refractivity contribution in [2.24, 2.45) is 0 Å². The molecule has 0 fully saturated rings. The number of aliphatic hydroxyl groups is 1. The number of aryl methyl sites for hydroxylation is 1. The quantitative estimate of drug-likeness (QED) is 0.173. The highest BCUT2D eigenvalue weighted by Gasteiger charge is 2.10. The van der Waals surface area contributed by atoms with Gasteiger partial charge in [0.25, 0.3) is 0 Å². The molecule has 3 aromatic rings. The molecule has 0 atom stereocenters. The van der Waals surface area contributed by atoms with Crippen LogP contribution in [0, 0.1) is 0 Å². The van der Waals surface area contributed by atoms with Crippen LogP contribution in [0.5, 0.6) is 5.75 Å². The summed E-state index contributed by atoms with van der Waals surface area (Å²) in [5.41, 5.74) is 5.41. The molecule has 0 saturated heterocycles. The van der Waals surface area contributed by atoms with Gasteiger partial charge in [-0.1, -0.05) is 86.5 Å². The van der Waals surface area contributed by atoms with Crippen molar-refractivity contribution in [3.05, 3.63) is 89.5 Å². The van der Waals surface area contributed by atoms with Crippen LogP contribution >= 0.6 is 11.6 Å². The molecule has 0 aliphatic carbocycles. The predicted molar refractivity (Wildman–Crippen MR) is 127 cm³/mol. The van der Waals surface area contributed by atoms with Crippen LogP contribution in [0.15, 0.2) is 78.9 Å². The molecule has 1 N–H and O–H groups in total. The number of aliphatic hydroxyl groups excluding tert-OH is 1. The van der Waals surface area contributed by atoms with E-state index >= 15 is 0 Å². The topological polar surface area (TPSA) is 46.5 Å². The number of hydrogen-bond acceptors (Lipinski definition) is 3. The van der Waals surface area contributed by atoms with Crippen molar-refractivity contribution < 1.29 is 14.6 Å². The molecule has 0 spiro atoms. The van der Waals surface area contributed by atoms with Gasteiger partial charge in [0.05, 0.1) is 12.2 Å². The average Bonchev–Trinajstić information content (AvgIpc) is 2.79. The minimum atomic E-state index is -0.644. The number of carbonyl (C=O) groups excluding carboxylic acids is 1. The monoisotopic (exact) mass is 434 g/mol. The van der Waals surface area contributed by atoms with E-state index in [4.69, 9.17) is 21.4 Å². The molecule has 160 valence electrons. The largest absolute Gasteiger partial charge is 0.423 e. The maximum atomic E-state index is 11.7. The molecule has 3 aromatic carbocycles. The Kier molecular flexibility index (Phi) is 8.05. The molecular formula is C27H27ClO3. The molecule has 31 heavy (non-hydrogen) atoms. The van der Waals surface area contributed by atoms with E-state index < -0.39 is 12.6 Å². The first-order valence-corrected chi connectivity index (χ1v) is 10.9. The van der Waals surface area contributed by atoms with Gasteiger partial charge in [0.1, 0.15) is 5.75 Å². The van der Waals surface area contributed by atoms with E-state index in [9.17, 15) is 4.79 Å². The SMILES string of the molecule is C=C(CO)C(=O)Oc1ccc(-c2ccc(-c3ccc(CCCCC)cc3)cc2Cl)cc1. The molecule has 0 bridgehead atoms. The molecule has 0 unspecified atom stereocenters. The van der Waals surface area contributed by atoms with Crippen LogP contribution in [0.1, 0.15) is 31.7 Å². The second kappa shape index (κ2) is 10.9. The number of benzene rings is 3. The minimum absolute atomic E-state index is 0.0108. The lowest BCUT2D eigenvalue weighted by atomic mass is 9.98. The minimum Gasteiger partial charge on any atom is -0.423 e. The highest BCUT2D eigenvalue weighted by molar-refractivity contribution is 6.33. The first kappa shape index (κ1) is 22.8. The fourth-order valence-corrected chi connectivity index (χ4v) is 3.61. The molecule has 0 saturated carbocycles. The average molecular weight is 435 g/mol. The number of esters is 1. The Hall–Kier alpha value is -2.88. The Bertz CT molecular complexity index is 1040. The molecule has 0 heterocycles. The van der Waals surface area contributed by atoms with Crippen molar-refractivity contribution in [1.29, 1.82) is 0 Å². The number of rotatable bonds is 9. The predicted octanol–water partition coefficient (Wildman–Crippen LogP) is 6.86. The van der Waals surface area contributed by atoms with Crippen LogP contribution in [-0.2, 0) is 11.2 Å². The second-order valence-electron chi connectivity index (χ2n) is 7.52. The summed E-state index contributed by atoms with van der Waals surface area (Å²) in [6, 6.07) is 21.8. The van der Waals surface area contributed by atoms with E-state index in [0.29, 0.717) is 10.8 Å². The Labute approximate surface area is 189 Å². The Morgan fingerprint density at radius 3 is 2.19 bits per heavy atom. The maximum Gasteiger partial charge on any atom is 0.341 e. The van der Waals surface area contributed by atoms with Crippen LogP contribution in [-0.4, -0.2) is 17.7 Å². The van der Waals surface area contributed by atoms with Crippen LogP contribution in [0.25, 0.3) is 22.3 Å². The smallest absolute Gasteiger partial charge is 0.341 e. The van der Waals surface area contributed by atoms with Crippen molar-refractivity contribution >= 4 is 17.6 Å². The summed E-state index contributed by atoms with van der Waals surface area (Å²) in [5.74, 6) is -0.260. The summed E-state index contributed by atoms with van der Waals surface area (Å²) in [5, 5.41) is 9.61. The third kappa shape index (κ3) is 6.06. The first-order chi connectivity index (χ1) is 15.0. The maximum absolute atomic E-state index is 11.7. The molecule has 0 aliphatic rings. The fourth-order valence-electron chi connectivity index (χ4n) is 3.32. The summed E-state index contributed by atoms with van der Waals surface area (Å²) in [6.45, 7) is 5.25. The standard InChI is InChI=1S/C27H27ClO3/c1-3-4-5-6-20-7-9-21(10-8-20)23-13-16-25(26(28)17-23)22-11-14-24(15-12-22)31-27(30)19(2)18-29/h7-17,29H,2-6,18H2,1H3. The van der Waals surface area contributed by atoms with Crippen molar-refractivity contribution in [3.8, 4) is 28.0 Å². The Balaban J connectivity index is 1.72. The van der Waals surface area contributed by atoms with E-state index in [-0.39, 0.29) is 5.57 Å². The molecule has 0 amide bonds. The lowest BCUT2D eigenvalue weighted by Crippen LogP contribution is -2.12. The summed E-state index contributed by atoms with van der Waals surface area (Å²) < 4.78 is 5.17. The van der Waals surface area contributed by atoms with Gasteiger partial charge >= 0.3 is 5.97 Å². The van der Waals surface area contributed by atoms with Gasteiger partial charge in [-0.05, 0) is 53.3 Å². The van der Waals surface area contributed by atoms with Gasteiger partial charge in [-0.25, -0.2) is 4.79 Å². The summed E-state index contributed by atoms with van der Waals surface area (Å²) in [7, 11) is 0. The molecule has 0 aliphatic heterocycles. The van der Waals surface area contributed by atoms with E-state index in [1.54, 1.807) is 12.1 Å². The number of unbranched alkanes of at least 4 members (excludes halogenated alkanes) is 2. The van der Waals surface area contributed by atoms with Gasteiger partial charge in [-0.3, -0.25) is 0 Å². The number of halogens is 1. The number of ether oxygens (including phenoxy) is 1. The normalized spacial score (nSPS) is 10.7. The van der Waals surface area contributed by atoms with Crippen molar-refractivity contribution in [1.82, 2.24) is 0 Å². The third-order valence-electron chi connectivity index (χ3n) is 5.18. The van der Waals surface area contributed by atoms with E-state index in [2.05, 4.69) is 43.8 Å². The zero-order chi connectivity index (χ0) is 22.2. The zero-order valence-corrected chi connectivity index (χ0v) is 18.5.